The van der Waals surface area contributed by atoms with Crippen molar-refractivity contribution in [2.75, 3.05) is 11.4 Å². The van der Waals surface area contributed by atoms with Gasteiger partial charge in [-0.05, 0) is 42.8 Å². The van der Waals surface area contributed by atoms with E-state index >= 15 is 0 Å². The van der Waals surface area contributed by atoms with Crippen molar-refractivity contribution in [1.29, 1.82) is 0 Å². The molecule has 180 valence electrons. The van der Waals surface area contributed by atoms with Crippen LogP contribution in [0.2, 0.25) is 10.0 Å². The van der Waals surface area contributed by atoms with E-state index in [0.717, 1.165) is 16.4 Å². The maximum atomic E-state index is 13.4. The van der Waals surface area contributed by atoms with Crippen molar-refractivity contribution in [3.8, 4) is 5.75 Å². The zero-order valence-electron chi connectivity index (χ0n) is 17.9. The number of carbonyl (C=O) groups excluding carboxylic acids is 1. The number of hydrogen-bond donors (Lipinski definition) is 2. The van der Waals surface area contributed by atoms with Gasteiger partial charge >= 0.3 is 0 Å². The number of imidazole rings is 1. The highest BCUT2D eigenvalue weighted by Gasteiger charge is 2.36. The van der Waals surface area contributed by atoms with Gasteiger partial charge in [0.05, 0.1) is 28.5 Å². The molecule has 0 radical (unpaired) electrons. The van der Waals surface area contributed by atoms with Gasteiger partial charge in [0.2, 0.25) is 0 Å². The molecular weight excluding hydrogens is 501 g/mol. The molecule has 4 aromatic rings. The predicted molar refractivity (Wildman–Crippen MR) is 126 cm³/mol. The fraction of sp³-hybridized carbons (Fsp3) is 0.217. The fourth-order valence-corrected chi connectivity index (χ4v) is 4.73. The molecule has 2 atom stereocenters. The molecule has 1 amide bonds. The summed E-state index contributed by atoms with van der Waals surface area (Å²) >= 11 is 12.0. The molecule has 1 aliphatic heterocycles. The van der Waals surface area contributed by atoms with Gasteiger partial charge in [0, 0.05) is 23.8 Å². The number of rotatable bonds is 5. The van der Waals surface area contributed by atoms with Crippen molar-refractivity contribution in [3.63, 3.8) is 0 Å². The fourth-order valence-electron chi connectivity index (χ4n) is 4.23. The van der Waals surface area contributed by atoms with Crippen LogP contribution in [0.4, 0.5) is 14.6 Å². The molecule has 4 heterocycles. The normalized spacial score (nSPS) is 17.9. The highest BCUT2D eigenvalue weighted by atomic mass is 35.5. The average Bonchev–Trinajstić information content (AvgIpc) is 3.46. The summed E-state index contributed by atoms with van der Waals surface area (Å²) in [6.45, 7) is 0.319. The Hall–Kier alpha value is -3.50. The zero-order valence-corrected chi connectivity index (χ0v) is 19.5. The van der Waals surface area contributed by atoms with Crippen molar-refractivity contribution in [2.24, 2.45) is 0 Å². The number of amides is 1. The molecule has 1 aromatic carbocycles. The Balaban J connectivity index is 1.47. The minimum atomic E-state index is -2.73. The molecule has 35 heavy (non-hydrogen) atoms. The number of hydrogen-bond acceptors (Lipinski definition) is 6. The lowest BCUT2D eigenvalue weighted by molar-refractivity contribution is 0.0937. The quantitative estimate of drug-likeness (QED) is 0.393. The number of aromatic hydroxyl groups is 1. The monoisotopic (exact) mass is 518 g/mol. The first kappa shape index (κ1) is 23.3. The van der Waals surface area contributed by atoms with Gasteiger partial charge in [-0.2, -0.15) is 0 Å². The number of carbonyl (C=O) groups is 1. The molecule has 1 fully saturated rings. The van der Waals surface area contributed by atoms with Crippen LogP contribution in [0.3, 0.4) is 0 Å². The highest BCUT2D eigenvalue weighted by molar-refractivity contribution is 6.36. The van der Waals surface area contributed by atoms with Crippen LogP contribution < -0.4 is 10.2 Å². The van der Waals surface area contributed by atoms with Crippen LogP contribution in [-0.2, 0) is 0 Å². The lowest BCUT2D eigenvalue weighted by Gasteiger charge is -2.25. The number of phenolic OH excluding ortho intramolecular Hbond substituents is 1. The Bertz CT molecular complexity index is 1400. The smallest absolute Gasteiger partial charge is 0.282 e. The molecule has 0 aliphatic carbocycles. The number of benzene rings is 1. The number of alkyl halides is 2. The molecule has 0 saturated carbocycles. The van der Waals surface area contributed by atoms with E-state index in [1.807, 2.05) is 17.0 Å². The first-order valence-corrected chi connectivity index (χ1v) is 11.4. The summed E-state index contributed by atoms with van der Waals surface area (Å²) in [4.78, 5) is 23.3. The molecule has 0 bridgehead atoms. The third-order valence-electron chi connectivity index (χ3n) is 5.83. The number of anilines is 1. The maximum Gasteiger partial charge on any atom is 0.282 e. The summed E-state index contributed by atoms with van der Waals surface area (Å²) in [6.07, 6.45) is 0.487. The van der Waals surface area contributed by atoms with Gasteiger partial charge in [0.15, 0.2) is 5.65 Å². The summed E-state index contributed by atoms with van der Waals surface area (Å²) in [5.74, 6) is -0.480. The summed E-state index contributed by atoms with van der Waals surface area (Å²) in [6, 6.07) is 10.8. The Morgan fingerprint density at radius 3 is 2.74 bits per heavy atom. The van der Waals surface area contributed by atoms with Crippen LogP contribution in [0.1, 0.15) is 40.6 Å². The van der Waals surface area contributed by atoms with E-state index in [-0.39, 0.29) is 39.1 Å². The molecule has 2 N–H and O–H groups in total. The van der Waals surface area contributed by atoms with E-state index in [1.165, 1.54) is 12.1 Å². The second-order valence-corrected chi connectivity index (χ2v) is 8.90. The maximum absolute atomic E-state index is 13.4. The number of halogens is 4. The van der Waals surface area contributed by atoms with E-state index in [2.05, 4.69) is 20.4 Å². The molecule has 0 unspecified atom stereocenters. The summed E-state index contributed by atoms with van der Waals surface area (Å²) in [5.41, 5.74) is 0.679. The van der Waals surface area contributed by atoms with E-state index < -0.39 is 12.3 Å². The van der Waals surface area contributed by atoms with Crippen molar-refractivity contribution in [2.45, 2.75) is 24.9 Å². The van der Waals surface area contributed by atoms with Gasteiger partial charge in [-0.25, -0.2) is 18.3 Å². The number of fused-ring (bicyclic) bond motifs is 1. The first-order valence-electron chi connectivity index (χ1n) is 10.6. The minimum absolute atomic E-state index is 0.0327. The molecule has 5 rings (SSSR count). The second kappa shape index (κ2) is 9.27. The number of aromatic nitrogens is 4. The summed E-state index contributed by atoms with van der Waals surface area (Å²) in [7, 11) is 0. The van der Waals surface area contributed by atoms with E-state index in [4.69, 9.17) is 23.2 Å². The minimum Gasteiger partial charge on any atom is -0.506 e. The van der Waals surface area contributed by atoms with Gasteiger partial charge in [0.25, 0.3) is 12.3 Å². The first-order chi connectivity index (χ1) is 16.8. The van der Waals surface area contributed by atoms with Gasteiger partial charge in [-0.15, -0.1) is 5.10 Å². The van der Waals surface area contributed by atoms with Crippen LogP contribution in [0.5, 0.6) is 5.75 Å². The molecule has 12 heteroatoms. The van der Waals surface area contributed by atoms with Crippen LogP contribution in [-0.4, -0.2) is 43.2 Å². The van der Waals surface area contributed by atoms with E-state index in [0.29, 0.717) is 24.4 Å². The number of phenols is 1. The Morgan fingerprint density at radius 2 is 2.00 bits per heavy atom. The second-order valence-electron chi connectivity index (χ2n) is 8.06. The van der Waals surface area contributed by atoms with Crippen LogP contribution in [0.25, 0.3) is 5.65 Å². The van der Waals surface area contributed by atoms with Crippen molar-refractivity contribution in [1.82, 2.24) is 24.9 Å². The molecule has 1 aliphatic rings. The highest BCUT2D eigenvalue weighted by Crippen LogP contribution is 2.36. The average molecular weight is 519 g/mol. The Morgan fingerprint density at radius 1 is 1.17 bits per heavy atom. The Labute approximate surface area is 208 Å². The number of nitrogens with zero attached hydrogens (tertiary/aromatic N) is 5. The number of pyridine rings is 1. The van der Waals surface area contributed by atoms with Gasteiger partial charge in [-0.1, -0.05) is 29.3 Å². The van der Waals surface area contributed by atoms with Gasteiger partial charge in [-0.3, -0.25) is 9.78 Å². The molecule has 3 aromatic heterocycles. The largest absolute Gasteiger partial charge is 0.506 e. The van der Waals surface area contributed by atoms with E-state index in [9.17, 15) is 18.7 Å². The van der Waals surface area contributed by atoms with Gasteiger partial charge in [0.1, 0.15) is 17.3 Å². The van der Waals surface area contributed by atoms with Crippen LogP contribution in [0.15, 0.2) is 54.9 Å². The lowest BCUT2D eigenvalue weighted by atomic mass is 10.1. The molecule has 0 spiro atoms. The van der Waals surface area contributed by atoms with Crippen molar-refractivity contribution in [3.05, 3.63) is 81.9 Å². The van der Waals surface area contributed by atoms with Crippen LogP contribution in [0, 0.1) is 0 Å². The SMILES string of the molecule is O=C(N[C@H]1C[C@H](c2ccccn2)N(c2ccc3ncc(C(F)F)n3n2)C1)c1cc(Cl)cc(Cl)c1O. The van der Waals surface area contributed by atoms with Gasteiger partial charge < -0.3 is 15.3 Å². The molecular formula is C23H18Cl2F2N6O2. The predicted octanol–water partition coefficient (Wildman–Crippen LogP) is 4.82. The summed E-state index contributed by atoms with van der Waals surface area (Å²) < 4.78 is 28.0. The molecule has 8 nitrogen and oxygen atoms in total. The standard InChI is InChI=1S/C23H18Cl2F2N6O2/c24-12-7-14(21(34)15(25)8-12)23(35)30-13-9-17(16-3-1-2-6-28-16)32(11-13)20-5-4-19-29-10-18(22(26)27)33(19)31-20/h1-8,10,13,17,22,34H,9,11H2,(H,30,35)/t13-,17+/m0/s1. The third-order valence-corrected chi connectivity index (χ3v) is 6.34. The number of nitrogens with one attached hydrogen (secondary N) is 1. The summed E-state index contributed by atoms with van der Waals surface area (Å²) in [5, 5.41) is 17.7. The Kier molecular flexibility index (Phi) is 6.16. The van der Waals surface area contributed by atoms with Crippen molar-refractivity contribution < 1.29 is 18.7 Å². The van der Waals surface area contributed by atoms with E-state index in [1.54, 1.807) is 24.4 Å². The van der Waals surface area contributed by atoms with Crippen molar-refractivity contribution >= 4 is 40.6 Å². The third kappa shape index (κ3) is 4.46. The molecule has 1 saturated heterocycles. The lowest BCUT2D eigenvalue weighted by Crippen LogP contribution is -2.37. The zero-order chi connectivity index (χ0) is 24.7. The van der Waals surface area contributed by atoms with Crippen LogP contribution >= 0.6 is 23.2 Å². The topological polar surface area (TPSA) is 95.7 Å².